The van der Waals surface area contributed by atoms with Crippen molar-refractivity contribution in [1.29, 1.82) is 0 Å². The zero-order chi connectivity index (χ0) is 28.9. The lowest BCUT2D eigenvalue weighted by Crippen LogP contribution is -2.57. The highest BCUT2D eigenvalue weighted by Gasteiger charge is 2.40. The van der Waals surface area contributed by atoms with Gasteiger partial charge in [-0.05, 0) is 58.1 Å². The summed E-state index contributed by atoms with van der Waals surface area (Å²) in [4.78, 5) is 47.2. The molecule has 1 aromatic heterocycles. The molecule has 0 radical (unpaired) electrons. The molecule has 1 aliphatic rings. The molecule has 39 heavy (non-hydrogen) atoms. The summed E-state index contributed by atoms with van der Waals surface area (Å²) in [5.41, 5.74) is 6.03. The zero-order valence-corrected chi connectivity index (χ0v) is 23.9. The lowest BCUT2D eigenvalue weighted by Gasteiger charge is -2.42. The molecule has 3 amide bonds. The third-order valence-corrected chi connectivity index (χ3v) is 6.63. The van der Waals surface area contributed by atoms with Crippen molar-refractivity contribution < 1.29 is 28.2 Å². The van der Waals surface area contributed by atoms with Crippen LogP contribution in [0.15, 0.2) is 18.2 Å². The zero-order valence-electron chi connectivity index (χ0n) is 23.9. The van der Waals surface area contributed by atoms with E-state index in [9.17, 15) is 18.8 Å². The molecule has 0 saturated carbocycles. The van der Waals surface area contributed by atoms with Crippen molar-refractivity contribution >= 4 is 28.9 Å². The number of amides is 3. The molecule has 0 spiro atoms. The van der Waals surface area contributed by atoms with E-state index >= 15 is 0 Å². The number of nitrogens with zero attached hydrogens (tertiary/aromatic N) is 4. The first-order valence-corrected chi connectivity index (χ1v) is 13.5. The lowest BCUT2D eigenvalue weighted by atomic mass is 9.92. The number of benzene rings is 1. The van der Waals surface area contributed by atoms with E-state index in [1.54, 1.807) is 38.8 Å². The maximum Gasteiger partial charge on any atom is 0.410 e. The summed E-state index contributed by atoms with van der Waals surface area (Å²) >= 11 is 0. The second-order valence-corrected chi connectivity index (χ2v) is 11.6. The number of rotatable bonds is 10. The normalized spacial score (nSPS) is 18.0. The van der Waals surface area contributed by atoms with Gasteiger partial charge in [-0.1, -0.05) is 13.8 Å². The number of unbranched alkanes of at least 4 members (excludes halogenated alkanes) is 1. The predicted molar refractivity (Wildman–Crippen MR) is 146 cm³/mol. The molecule has 1 saturated heterocycles. The van der Waals surface area contributed by atoms with Crippen LogP contribution in [0.3, 0.4) is 0 Å². The third-order valence-electron chi connectivity index (χ3n) is 6.63. The van der Waals surface area contributed by atoms with Crippen LogP contribution >= 0.6 is 0 Å². The van der Waals surface area contributed by atoms with Crippen molar-refractivity contribution in [2.45, 2.75) is 72.1 Å². The van der Waals surface area contributed by atoms with E-state index in [0.29, 0.717) is 37.2 Å². The molecule has 2 heterocycles. The Balaban J connectivity index is 2.00. The van der Waals surface area contributed by atoms with E-state index in [2.05, 4.69) is 4.98 Å². The minimum Gasteiger partial charge on any atom is -0.444 e. The molecular weight excluding hydrogens is 505 g/mol. The summed E-state index contributed by atoms with van der Waals surface area (Å²) in [7, 11) is 1.64. The van der Waals surface area contributed by atoms with E-state index in [1.165, 1.54) is 17.0 Å². The number of likely N-dealkylation sites (tertiary alicyclic amines) is 1. The molecule has 1 fully saturated rings. The van der Waals surface area contributed by atoms with Crippen molar-refractivity contribution in [2.75, 3.05) is 33.4 Å². The van der Waals surface area contributed by atoms with E-state index < -0.39 is 35.4 Å². The number of carbonyl (C=O) groups is 3. The number of ether oxygens (including phenoxy) is 2. The average Bonchev–Trinajstić information content (AvgIpc) is 3.20. The van der Waals surface area contributed by atoms with Gasteiger partial charge >= 0.3 is 6.09 Å². The largest absolute Gasteiger partial charge is 0.444 e. The first-order chi connectivity index (χ1) is 18.3. The van der Waals surface area contributed by atoms with Crippen molar-refractivity contribution in [3.63, 3.8) is 0 Å². The molecule has 216 valence electrons. The molecule has 0 bridgehead atoms. The summed E-state index contributed by atoms with van der Waals surface area (Å²) in [5.74, 6) is -1.67. The SMILES string of the molecule is COCCCCn1c(C(=O)N(CC(C)C)C2C[C@@H](C(N)=O)CN(C(=O)OC(C)(C)C)C2)nc2cc(F)ccc21. The van der Waals surface area contributed by atoms with Crippen LogP contribution < -0.4 is 5.73 Å². The van der Waals surface area contributed by atoms with Gasteiger partial charge in [0.1, 0.15) is 11.4 Å². The number of hydrogen-bond donors (Lipinski definition) is 1. The van der Waals surface area contributed by atoms with Crippen LogP contribution in [0, 0.1) is 17.7 Å². The van der Waals surface area contributed by atoms with Gasteiger partial charge in [0, 0.05) is 46.0 Å². The number of methoxy groups -OCH3 is 1. The Morgan fingerprint density at radius 2 is 1.92 bits per heavy atom. The standard InChI is InChI=1S/C28H42FN5O5/c1-18(2)15-34(21-13-19(24(30)35)16-32(17-21)27(37)39-28(3,4)5)26(36)25-31-22-14-20(29)9-10-23(22)33(25)11-7-8-12-38-6/h9-10,14,18-19,21H,7-8,11-13,15-17H2,1-6H3,(H2,30,35)/t19-,21?/m1/s1. The molecule has 1 unspecified atom stereocenters. The molecule has 1 aliphatic heterocycles. The van der Waals surface area contributed by atoms with E-state index in [4.69, 9.17) is 15.2 Å². The maximum atomic E-state index is 14.2. The van der Waals surface area contributed by atoms with Gasteiger partial charge in [-0.2, -0.15) is 0 Å². The maximum absolute atomic E-state index is 14.2. The molecule has 2 aromatic rings. The van der Waals surface area contributed by atoms with Gasteiger partial charge in [0.2, 0.25) is 5.91 Å². The number of carbonyl (C=O) groups excluding carboxylic acids is 3. The van der Waals surface area contributed by atoms with Gasteiger partial charge in [-0.15, -0.1) is 0 Å². The number of aryl methyl sites for hydroxylation is 1. The summed E-state index contributed by atoms with van der Waals surface area (Å²) in [6.45, 7) is 11.1. The fourth-order valence-electron chi connectivity index (χ4n) is 4.91. The van der Waals surface area contributed by atoms with Crippen LogP contribution in [-0.2, 0) is 20.8 Å². The number of nitrogens with two attached hydrogens (primary N) is 1. The monoisotopic (exact) mass is 547 g/mol. The van der Waals surface area contributed by atoms with Gasteiger partial charge < -0.3 is 29.6 Å². The number of primary amides is 1. The van der Waals surface area contributed by atoms with Crippen LogP contribution in [0.2, 0.25) is 0 Å². The first-order valence-electron chi connectivity index (χ1n) is 13.5. The lowest BCUT2D eigenvalue weighted by molar-refractivity contribution is -0.124. The Morgan fingerprint density at radius 3 is 2.54 bits per heavy atom. The average molecular weight is 548 g/mol. The van der Waals surface area contributed by atoms with Crippen molar-refractivity contribution in [2.24, 2.45) is 17.6 Å². The quantitative estimate of drug-likeness (QED) is 0.452. The third kappa shape index (κ3) is 7.90. The van der Waals surface area contributed by atoms with Crippen LogP contribution in [0.4, 0.5) is 9.18 Å². The van der Waals surface area contributed by atoms with E-state index in [-0.39, 0.29) is 30.7 Å². The number of fused-ring (bicyclic) bond motifs is 1. The Kier molecular flexibility index (Phi) is 9.93. The summed E-state index contributed by atoms with van der Waals surface area (Å²) < 4.78 is 26.6. The Bertz CT molecular complexity index is 1180. The fourth-order valence-corrected chi connectivity index (χ4v) is 4.91. The number of hydrogen-bond acceptors (Lipinski definition) is 6. The number of halogens is 1. The second kappa shape index (κ2) is 12.8. The van der Waals surface area contributed by atoms with Gasteiger partial charge in [0.05, 0.1) is 23.0 Å². The van der Waals surface area contributed by atoms with Gasteiger partial charge in [-0.25, -0.2) is 14.2 Å². The highest BCUT2D eigenvalue weighted by Crippen LogP contribution is 2.27. The van der Waals surface area contributed by atoms with Crippen molar-refractivity contribution in [3.05, 3.63) is 29.8 Å². The van der Waals surface area contributed by atoms with Crippen LogP contribution in [0.25, 0.3) is 11.0 Å². The highest BCUT2D eigenvalue weighted by atomic mass is 19.1. The van der Waals surface area contributed by atoms with Gasteiger partial charge in [-0.3, -0.25) is 9.59 Å². The van der Waals surface area contributed by atoms with Crippen LogP contribution in [0.5, 0.6) is 0 Å². The Labute approximate surface area is 229 Å². The smallest absolute Gasteiger partial charge is 0.410 e. The minimum atomic E-state index is -0.720. The fraction of sp³-hybridized carbons (Fsp3) is 0.643. The molecular formula is C28H42FN5O5. The molecule has 2 atom stereocenters. The molecule has 2 N–H and O–H groups in total. The van der Waals surface area contributed by atoms with E-state index in [0.717, 1.165) is 12.8 Å². The molecule has 1 aromatic carbocycles. The second-order valence-electron chi connectivity index (χ2n) is 11.6. The van der Waals surface area contributed by atoms with Gasteiger partial charge in [0.15, 0.2) is 5.82 Å². The first kappa shape index (κ1) is 30.3. The van der Waals surface area contributed by atoms with Crippen molar-refractivity contribution in [1.82, 2.24) is 19.4 Å². The summed E-state index contributed by atoms with van der Waals surface area (Å²) in [6.07, 6.45) is 1.28. The van der Waals surface area contributed by atoms with Gasteiger partial charge in [0.25, 0.3) is 5.91 Å². The van der Waals surface area contributed by atoms with E-state index in [1.807, 2.05) is 18.4 Å². The number of imidazole rings is 1. The molecule has 10 nitrogen and oxygen atoms in total. The highest BCUT2D eigenvalue weighted by molar-refractivity contribution is 5.95. The predicted octanol–water partition coefficient (Wildman–Crippen LogP) is 3.81. The van der Waals surface area contributed by atoms with Crippen LogP contribution in [0.1, 0.15) is 64.5 Å². The molecule has 3 rings (SSSR count). The summed E-state index contributed by atoms with van der Waals surface area (Å²) in [6, 6.07) is 3.81. The van der Waals surface area contributed by atoms with Crippen LogP contribution in [-0.4, -0.2) is 82.3 Å². The minimum absolute atomic E-state index is 0.0925. The van der Waals surface area contributed by atoms with Crippen molar-refractivity contribution in [3.8, 4) is 0 Å². The topological polar surface area (TPSA) is 120 Å². The molecule has 0 aliphatic carbocycles. The number of piperidine rings is 1. The summed E-state index contributed by atoms with van der Waals surface area (Å²) in [5, 5.41) is 0. The Hall–Kier alpha value is -3.21. The Morgan fingerprint density at radius 1 is 1.21 bits per heavy atom. The molecule has 11 heteroatoms. The number of aromatic nitrogens is 2.